The highest BCUT2D eigenvalue weighted by molar-refractivity contribution is 5.78. The van der Waals surface area contributed by atoms with E-state index in [4.69, 9.17) is 28.4 Å². The fraction of sp³-hybridized carbons (Fsp3) is 0.425. The van der Waals surface area contributed by atoms with Gasteiger partial charge in [0.25, 0.3) is 0 Å². The molecule has 3 aromatic rings. The lowest BCUT2D eigenvalue weighted by Crippen LogP contribution is -2.43. The van der Waals surface area contributed by atoms with Gasteiger partial charge in [-0.2, -0.15) is 0 Å². The van der Waals surface area contributed by atoms with E-state index in [1.165, 1.54) is 11.1 Å². The molecule has 0 amide bonds. The molecule has 0 N–H and O–H groups in total. The quantitative estimate of drug-likeness (QED) is 0.143. The second kappa shape index (κ2) is 18.3. The Morgan fingerprint density at radius 1 is 0.837 bits per heavy atom. The molecule has 1 fully saturated rings. The highest BCUT2D eigenvalue weighted by Gasteiger charge is 2.23. The van der Waals surface area contributed by atoms with E-state index >= 15 is 0 Å². The predicted molar refractivity (Wildman–Crippen MR) is 198 cm³/mol. The lowest BCUT2D eigenvalue weighted by molar-refractivity contribution is 0.130. The Morgan fingerprint density at radius 2 is 1.41 bits per heavy atom. The Kier molecular flexibility index (Phi) is 14.0. The Balaban J connectivity index is 1.43. The van der Waals surface area contributed by atoms with Crippen LogP contribution in [0.15, 0.2) is 72.5 Å². The van der Waals surface area contributed by atoms with E-state index < -0.39 is 0 Å². The predicted octanol–water partition coefficient (Wildman–Crippen LogP) is 7.69. The summed E-state index contributed by atoms with van der Waals surface area (Å²) in [6.07, 6.45) is 13.9. The number of aromatic nitrogens is 1. The number of likely N-dealkylation sites (tertiary alicyclic amines) is 1. The fourth-order valence-corrected chi connectivity index (χ4v) is 6.44. The summed E-state index contributed by atoms with van der Waals surface area (Å²) < 4.78 is 33.5. The molecule has 2 heterocycles. The molecule has 0 aliphatic carbocycles. The van der Waals surface area contributed by atoms with Crippen molar-refractivity contribution < 1.29 is 28.4 Å². The lowest BCUT2D eigenvalue weighted by Gasteiger charge is -2.37. The van der Waals surface area contributed by atoms with E-state index in [0.717, 1.165) is 67.8 Å². The summed E-state index contributed by atoms with van der Waals surface area (Å²) in [5.74, 6) is 3.68. The highest BCUT2D eigenvalue weighted by Crippen LogP contribution is 2.42. The minimum atomic E-state index is 0.498. The largest absolute Gasteiger partial charge is 0.493 e. The van der Waals surface area contributed by atoms with Gasteiger partial charge in [0.15, 0.2) is 23.0 Å². The van der Waals surface area contributed by atoms with Crippen molar-refractivity contribution in [1.29, 1.82) is 0 Å². The van der Waals surface area contributed by atoms with Gasteiger partial charge in [0, 0.05) is 30.9 Å². The first-order chi connectivity index (χ1) is 23.8. The van der Waals surface area contributed by atoms with Crippen LogP contribution in [0, 0.1) is 0 Å². The molecule has 0 spiro atoms. The number of hydrogen-bond donors (Lipinski definition) is 0. The van der Waals surface area contributed by atoms with Gasteiger partial charge in [0.05, 0.1) is 48.4 Å². The Hall–Kier alpha value is -4.47. The van der Waals surface area contributed by atoms with Crippen LogP contribution in [0.4, 0.5) is 0 Å². The number of piperidine rings is 1. The van der Waals surface area contributed by atoms with Crippen LogP contribution in [0.5, 0.6) is 34.5 Å². The maximum Gasteiger partial charge on any atom is 0.203 e. The summed E-state index contributed by atoms with van der Waals surface area (Å²) in [4.78, 5) is 9.69. The van der Waals surface area contributed by atoms with E-state index in [0.29, 0.717) is 40.5 Å². The summed E-state index contributed by atoms with van der Waals surface area (Å²) in [6.45, 7) is 8.03. The molecule has 1 aliphatic rings. The molecular weight excluding hydrogens is 618 g/mol. The Labute approximate surface area is 292 Å². The van der Waals surface area contributed by atoms with Crippen molar-refractivity contribution in [3.63, 3.8) is 0 Å². The number of pyridine rings is 1. The molecule has 1 aromatic heterocycles. The summed E-state index contributed by atoms with van der Waals surface area (Å²) in [7, 11) is 12.0. The van der Waals surface area contributed by atoms with Crippen LogP contribution in [0.3, 0.4) is 0 Å². The number of ether oxygens (including phenoxy) is 6. The third-order valence-electron chi connectivity index (χ3n) is 8.95. The molecular formula is C40H53N3O6. The van der Waals surface area contributed by atoms with E-state index in [-0.39, 0.29) is 0 Å². The number of rotatable bonds is 16. The van der Waals surface area contributed by atoms with Crippen LogP contribution in [-0.2, 0) is 6.54 Å². The van der Waals surface area contributed by atoms with Crippen molar-refractivity contribution in [2.75, 3.05) is 69.3 Å². The van der Waals surface area contributed by atoms with Crippen molar-refractivity contribution in [2.45, 2.75) is 45.7 Å². The van der Waals surface area contributed by atoms with Crippen molar-refractivity contribution in [3.8, 4) is 45.8 Å². The first-order valence-electron chi connectivity index (χ1n) is 16.8. The molecule has 0 saturated carbocycles. The van der Waals surface area contributed by atoms with Crippen LogP contribution >= 0.6 is 0 Å². The number of nitrogens with zero attached hydrogens (tertiary/aromatic N) is 3. The standard InChI is InChI=1S/C40H53N3O6/c1-10-12-28(20-30(13-11-2)31-22-35(44-4)39(48-8)36(23-31)45-5)27-43-18-15-33(16-19-43)42(3)26-29-14-17-41-34(21-29)32-24-37(46-6)40(49-9)38(25-32)47-7/h10,12-14,17,20-25,33H,11,15-16,18-19,26-27H2,1-9H3/b12-10-,28-20+,30-13-. The zero-order chi connectivity index (χ0) is 35.3. The molecule has 49 heavy (non-hydrogen) atoms. The van der Waals surface area contributed by atoms with Gasteiger partial charge >= 0.3 is 0 Å². The molecule has 0 radical (unpaired) electrons. The van der Waals surface area contributed by atoms with Gasteiger partial charge in [-0.25, -0.2) is 0 Å². The number of benzene rings is 2. The summed E-state index contributed by atoms with van der Waals surface area (Å²) >= 11 is 0. The second-order valence-electron chi connectivity index (χ2n) is 12.1. The fourth-order valence-electron chi connectivity index (χ4n) is 6.44. The number of methoxy groups -OCH3 is 6. The van der Waals surface area contributed by atoms with E-state index in [9.17, 15) is 0 Å². The third kappa shape index (κ3) is 9.37. The van der Waals surface area contributed by atoms with Crippen LogP contribution in [0.25, 0.3) is 16.8 Å². The van der Waals surface area contributed by atoms with Gasteiger partial charge in [-0.1, -0.05) is 31.2 Å². The Bertz CT molecular complexity index is 1570. The van der Waals surface area contributed by atoms with E-state index in [1.807, 2.05) is 30.5 Å². The van der Waals surface area contributed by atoms with Crippen LogP contribution in [-0.4, -0.2) is 90.2 Å². The lowest BCUT2D eigenvalue weighted by atomic mass is 9.98. The van der Waals surface area contributed by atoms with Crippen molar-refractivity contribution >= 4 is 5.57 Å². The van der Waals surface area contributed by atoms with Crippen LogP contribution in [0.1, 0.15) is 44.2 Å². The normalized spacial score (nSPS) is 14.7. The third-order valence-corrected chi connectivity index (χ3v) is 8.95. The Morgan fingerprint density at radius 3 is 1.92 bits per heavy atom. The minimum Gasteiger partial charge on any atom is -0.493 e. The number of allylic oxidation sites excluding steroid dienone is 4. The van der Waals surface area contributed by atoms with Gasteiger partial charge in [-0.3, -0.25) is 14.8 Å². The van der Waals surface area contributed by atoms with Gasteiger partial charge in [-0.15, -0.1) is 0 Å². The summed E-state index contributed by atoms with van der Waals surface area (Å²) in [6, 6.07) is 12.7. The molecule has 0 unspecified atom stereocenters. The van der Waals surface area contributed by atoms with Gasteiger partial charge < -0.3 is 28.4 Å². The van der Waals surface area contributed by atoms with E-state index in [2.05, 4.69) is 72.1 Å². The minimum absolute atomic E-state index is 0.498. The molecule has 9 heteroatoms. The smallest absolute Gasteiger partial charge is 0.203 e. The second-order valence-corrected chi connectivity index (χ2v) is 12.1. The molecule has 0 atom stereocenters. The monoisotopic (exact) mass is 671 g/mol. The maximum atomic E-state index is 5.64. The molecule has 9 nitrogen and oxygen atoms in total. The van der Waals surface area contributed by atoms with Gasteiger partial charge in [-0.05, 0) is 105 Å². The van der Waals surface area contributed by atoms with E-state index in [1.54, 1.807) is 42.7 Å². The molecule has 4 rings (SSSR count). The molecule has 0 bridgehead atoms. The molecule has 1 aliphatic heterocycles. The van der Waals surface area contributed by atoms with Crippen LogP contribution in [0.2, 0.25) is 0 Å². The zero-order valence-corrected chi connectivity index (χ0v) is 30.7. The molecule has 1 saturated heterocycles. The SMILES string of the molecule is C\C=C/C(=C\C(=C\CC)c1cc(OC)c(OC)c(OC)c1)CN1CCC(N(C)Cc2ccnc(-c3cc(OC)c(OC)c(OC)c3)c2)CC1. The van der Waals surface area contributed by atoms with Gasteiger partial charge in [0.1, 0.15) is 0 Å². The van der Waals surface area contributed by atoms with Crippen molar-refractivity contribution in [1.82, 2.24) is 14.8 Å². The topological polar surface area (TPSA) is 74.8 Å². The summed E-state index contributed by atoms with van der Waals surface area (Å²) in [5, 5.41) is 0. The van der Waals surface area contributed by atoms with Crippen molar-refractivity contribution in [3.05, 3.63) is 83.6 Å². The highest BCUT2D eigenvalue weighted by atomic mass is 16.5. The van der Waals surface area contributed by atoms with Crippen LogP contribution < -0.4 is 28.4 Å². The molecule has 264 valence electrons. The number of hydrogen-bond acceptors (Lipinski definition) is 9. The first kappa shape index (κ1) is 37.4. The summed E-state index contributed by atoms with van der Waals surface area (Å²) in [5.41, 5.74) is 6.42. The van der Waals surface area contributed by atoms with Gasteiger partial charge in [0.2, 0.25) is 11.5 Å². The maximum absolute atomic E-state index is 5.64. The molecule has 2 aromatic carbocycles. The average Bonchev–Trinajstić information content (AvgIpc) is 3.13. The first-order valence-corrected chi connectivity index (χ1v) is 16.8. The zero-order valence-electron chi connectivity index (χ0n) is 30.7. The average molecular weight is 672 g/mol. The van der Waals surface area contributed by atoms with Crippen molar-refractivity contribution in [2.24, 2.45) is 0 Å².